The third-order valence-corrected chi connectivity index (χ3v) is 6.16. The van der Waals surface area contributed by atoms with Gasteiger partial charge in [-0.25, -0.2) is 9.78 Å². The zero-order valence-corrected chi connectivity index (χ0v) is 22.0. The molecule has 0 bridgehead atoms. The number of nitrogens with one attached hydrogen (secondary N) is 4. The number of amides is 3. The van der Waals surface area contributed by atoms with Crippen molar-refractivity contribution in [3.63, 3.8) is 0 Å². The van der Waals surface area contributed by atoms with E-state index in [9.17, 15) is 29.1 Å². The molecular weight excluding hydrogens is 532 g/mol. The molecule has 3 amide bonds. The molecule has 41 heavy (non-hydrogen) atoms. The van der Waals surface area contributed by atoms with Gasteiger partial charge in [0.1, 0.15) is 18.1 Å². The number of rotatable bonds is 15. The average Bonchev–Trinajstić information content (AvgIpc) is 3.46. The molecule has 4 unspecified atom stereocenters. The molecule has 3 aromatic rings. The summed E-state index contributed by atoms with van der Waals surface area (Å²) in [4.78, 5) is 68.9. The van der Waals surface area contributed by atoms with Crippen molar-refractivity contribution < 1.29 is 34.2 Å². The highest BCUT2D eigenvalue weighted by atomic mass is 16.4. The lowest BCUT2D eigenvalue weighted by Crippen LogP contribution is -2.58. The standard InChI is InChI=1S/C28H32N6O7/c29-20(11-17-7-3-1-4-8-17)25(37)32-21(12-18-9-5-2-6-10-18)26(38)33-22(13-19-15-30-16-31-19)27(39)34-23(28(40)41)14-24(35)36/h1-10,15-16,20-23H,11-14,29H2,(H,30,31)(H,32,37)(H,33,38)(H,34,39)(H,35,36)(H,40,41). The highest BCUT2D eigenvalue weighted by Gasteiger charge is 2.31. The van der Waals surface area contributed by atoms with Crippen molar-refractivity contribution >= 4 is 29.7 Å². The van der Waals surface area contributed by atoms with Gasteiger partial charge in [-0.1, -0.05) is 60.7 Å². The molecule has 3 rings (SSSR count). The number of aromatic amines is 1. The Morgan fingerprint density at radius 1 is 0.732 bits per heavy atom. The van der Waals surface area contributed by atoms with Crippen LogP contribution in [-0.4, -0.2) is 74.0 Å². The van der Waals surface area contributed by atoms with Crippen LogP contribution in [-0.2, 0) is 43.2 Å². The topological polar surface area (TPSA) is 217 Å². The molecule has 13 nitrogen and oxygen atoms in total. The van der Waals surface area contributed by atoms with Gasteiger partial charge in [0, 0.05) is 24.7 Å². The minimum absolute atomic E-state index is 0.0750. The summed E-state index contributed by atoms with van der Waals surface area (Å²) < 4.78 is 0. The molecule has 2 aromatic carbocycles. The number of hydrogen-bond donors (Lipinski definition) is 7. The van der Waals surface area contributed by atoms with E-state index in [-0.39, 0.29) is 19.3 Å². The summed E-state index contributed by atoms with van der Waals surface area (Å²) in [6.07, 6.45) is 2.12. The Morgan fingerprint density at radius 3 is 1.76 bits per heavy atom. The fourth-order valence-corrected chi connectivity index (χ4v) is 4.04. The monoisotopic (exact) mass is 564 g/mol. The van der Waals surface area contributed by atoms with E-state index in [0.29, 0.717) is 5.69 Å². The molecule has 0 spiro atoms. The van der Waals surface area contributed by atoms with Crippen LogP contribution in [0.5, 0.6) is 0 Å². The van der Waals surface area contributed by atoms with Crippen LogP contribution in [0, 0.1) is 0 Å². The van der Waals surface area contributed by atoms with E-state index in [4.69, 9.17) is 10.8 Å². The van der Waals surface area contributed by atoms with E-state index in [2.05, 4.69) is 25.9 Å². The summed E-state index contributed by atoms with van der Waals surface area (Å²) in [6, 6.07) is 12.9. The van der Waals surface area contributed by atoms with E-state index in [1.54, 1.807) is 30.3 Å². The lowest BCUT2D eigenvalue weighted by molar-refractivity contribution is -0.147. The van der Waals surface area contributed by atoms with E-state index >= 15 is 0 Å². The number of carbonyl (C=O) groups excluding carboxylic acids is 3. The summed E-state index contributed by atoms with van der Waals surface area (Å²) in [5, 5.41) is 25.8. The molecule has 0 radical (unpaired) electrons. The number of carboxylic acid groups (broad SMARTS) is 2. The highest BCUT2D eigenvalue weighted by molar-refractivity contribution is 5.95. The first-order chi connectivity index (χ1) is 19.6. The van der Waals surface area contributed by atoms with Crippen LogP contribution in [0.3, 0.4) is 0 Å². The number of imidazole rings is 1. The zero-order valence-electron chi connectivity index (χ0n) is 22.0. The fraction of sp³-hybridized carbons (Fsp3) is 0.286. The minimum Gasteiger partial charge on any atom is -0.481 e. The van der Waals surface area contributed by atoms with Gasteiger partial charge < -0.3 is 36.9 Å². The molecule has 0 aliphatic carbocycles. The maximum absolute atomic E-state index is 13.5. The van der Waals surface area contributed by atoms with E-state index < -0.39 is 60.2 Å². The number of carboxylic acids is 2. The van der Waals surface area contributed by atoms with Crippen LogP contribution in [0.1, 0.15) is 23.2 Å². The molecule has 4 atom stereocenters. The first-order valence-electron chi connectivity index (χ1n) is 12.8. The molecule has 0 fully saturated rings. The molecule has 0 aliphatic heterocycles. The predicted molar refractivity (Wildman–Crippen MR) is 146 cm³/mol. The van der Waals surface area contributed by atoms with E-state index in [1.807, 2.05) is 30.3 Å². The number of H-pyrrole nitrogens is 1. The van der Waals surface area contributed by atoms with Crippen LogP contribution < -0.4 is 21.7 Å². The Hall–Kier alpha value is -5.04. The van der Waals surface area contributed by atoms with Crippen molar-refractivity contribution in [3.8, 4) is 0 Å². The normalized spacial score (nSPS) is 13.7. The van der Waals surface area contributed by atoms with Gasteiger partial charge in [-0.15, -0.1) is 0 Å². The second kappa shape index (κ2) is 14.9. The predicted octanol–water partition coefficient (Wildman–Crippen LogP) is -0.221. The van der Waals surface area contributed by atoms with Crippen molar-refractivity contribution in [2.45, 2.75) is 49.9 Å². The second-order valence-electron chi connectivity index (χ2n) is 9.39. The van der Waals surface area contributed by atoms with Gasteiger partial charge in [-0.05, 0) is 17.5 Å². The third kappa shape index (κ3) is 9.89. The van der Waals surface area contributed by atoms with E-state index in [1.165, 1.54) is 12.5 Å². The maximum Gasteiger partial charge on any atom is 0.326 e. The number of aliphatic carboxylic acids is 2. The largest absolute Gasteiger partial charge is 0.481 e. The van der Waals surface area contributed by atoms with Crippen LogP contribution in [0.25, 0.3) is 0 Å². The number of aromatic nitrogens is 2. The van der Waals surface area contributed by atoms with Crippen LogP contribution in [0.2, 0.25) is 0 Å². The van der Waals surface area contributed by atoms with Crippen molar-refractivity contribution in [1.29, 1.82) is 0 Å². The molecule has 0 saturated heterocycles. The molecular formula is C28H32N6O7. The summed E-state index contributed by atoms with van der Waals surface area (Å²) >= 11 is 0. The first kappa shape index (κ1) is 30.5. The molecule has 1 heterocycles. The lowest BCUT2D eigenvalue weighted by Gasteiger charge is -2.25. The molecule has 1 aromatic heterocycles. The Bertz CT molecular complexity index is 1320. The number of benzene rings is 2. The average molecular weight is 565 g/mol. The van der Waals surface area contributed by atoms with Gasteiger partial charge in [-0.3, -0.25) is 19.2 Å². The van der Waals surface area contributed by atoms with Gasteiger partial charge in [0.15, 0.2) is 0 Å². The first-order valence-corrected chi connectivity index (χ1v) is 12.8. The zero-order chi connectivity index (χ0) is 29.8. The van der Waals surface area contributed by atoms with Gasteiger partial charge in [0.2, 0.25) is 17.7 Å². The lowest BCUT2D eigenvalue weighted by atomic mass is 10.0. The fourth-order valence-electron chi connectivity index (χ4n) is 4.04. The van der Waals surface area contributed by atoms with Gasteiger partial charge in [-0.2, -0.15) is 0 Å². The Labute approximate surface area is 235 Å². The summed E-state index contributed by atoms with van der Waals surface area (Å²) in [6.45, 7) is 0. The minimum atomic E-state index is -1.73. The van der Waals surface area contributed by atoms with Gasteiger partial charge in [0.25, 0.3) is 0 Å². The summed E-state index contributed by atoms with van der Waals surface area (Å²) in [5.74, 6) is -5.20. The Balaban J connectivity index is 1.80. The Morgan fingerprint density at radius 2 is 1.24 bits per heavy atom. The number of nitrogens with two attached hydrogens (primary N) is 1. The number of hydrogen-bond acceptors (Lipinski definition) is 7. The van der Waals surface area contributed by atoms with Crippen LogP contribution in [0.4, 0.5) is 0 Å². The highest BCUT2D eigenvalue weighted by Crippen LogP contribution is 2.08. The van der Waals surface area contributed by atoms with Crippen molar-refractivity contribution in [2.75, 3.05) is 0 Å². The van der Waals surface area contributed by atoms with Crippen molar-refractivity contribution in [2.24, 2.45) is 5.73 Å². The summed E-state index contributed by atoms with van der Waals surface area (Å²) in [5.41, 5.74) is 8.15. The van der Waals surface area contributed by atoms with Crippen molar-refractivity contribution in [3.05, 3.63) is 90.0 Å². The molecule has 0 aliphatic rings. The number of carbonyl (C=O) groups is 5. The number of nitrogens with zero attached hydrogens (tertiary/aromatic N) is 1. The van der Waals surface area contributed by atoms with E-state index in [0.717, 1.165) is 11.1 Å². The quantitative estimate of drug-likeness (QED) is 0.130. The maximum atomic E-state index is 13.5. The molecule has 216 valence electrons. The molecule has 0 saturated carbocycles. The smallest absolute Gasteiger partial charge is 0.326 e. The summed E-state index contributed by atoms with van der Waals surface area (Å²) in [7, 11) is 0. The second-order valence-corrected chi connectivity index (χ2v) is 9.39. The third-order valence-electron chi connectivity index (χ3n) is 6.16. The van der Waals surface area contributed by atoms with Crippen LogP contribution in [0.15, 0.2) is 73.2 Å². The van der Waals surface area contributed by atoms with Gasteiger partial charge >= 0.3 is 11.9 Å². The molecule has 13 heteroatoms. The van der Waals surface area contributed by atoms with Crippen molar-refractivity contribution in [1.82, 2.24) is 25.9 Å². The van der Waals surface area contributed by atoms with Gasteiger partial charge in [0.05, 0.1) is 18.8 Å². The van der Waals surface area contributed by atoms with Crippen LogP contribution >= 0.6 is 0 Å². The Kier molecular flexibility index (Phi) is 11.1. The molecule has 8 N–H and O–H groups in total. The SMILES string of the molecule is NC(Cc1ccccc1)C(=O)NC(Cc1ccccc1)C(=O)NC(Cc1cnc[nH]1)C(=O)NC(CC(=O)O)C(=O)O.